The Morgan fingerprint density at radius 1 is 0.844 bits per heavy atom. The van der Waals surface area contributed by atoms with Gasteiger partial charge in [-0.2, -0.15) is 0 Å². The van der Waals surface area contributed by atoms with Gasteiger partial charge in [0.1, 0.15) is 0 Å². The fourth-order valence-corrected chi connectivity index (χ4v) is 5.42. The highest BCUT2D eigenvalue weighted by atomic mass is 32.2. The average molecular weight is 460 g/mol. The maximum Gasteiger partial charge on any atom is 0.269 e. The number of carbonyl (C=O) groups is 2. The van der Waals surface area contributed by atoms with Crippen molar-refractivity contribution >= 4 is 40.4 Å². The van der Waals surface area contributed by atoms with E-state index in [0.29, 0.717) is 16.7 Å². The van der Waals surface area contributed by atoms with Crippen LogP contribution in [0, 0.1) is 10.1 Å². The van der Waals surface area contributed by atoms with E-state index in [0.717, 1.165) is 14.6 Å². The summed E-state index contributed by atoms with van der Waals surface area (Å²) in [5.41, 5.74) is 2.51. The zero-order valence-corrected chi connectivity index (χ0v) is 18.4. The van der Waals surface area contributed by atoms with Crippen molar-refractivity contribution in [1.29, 1.82) is 0 Å². The molecule has 0 unspecified atom stereocenters. The monoisotopic (exact) mass is 459 g/mol. The molecule has 0 bridgehead atoms. The number of ketones is 2. The summed E-state index contributed by atoms with van der Waals surface area (Å²) in [6.45, 7) is 0. The van der Waals surface area contributed by atoms with E-state index in [1.807, 2.05) is 36.4 Å². The number of Topliss-reactive ketones (excluding diaryl/α,β-unsaturated/α-hetero) is 1. The van der Waals surface area contributed by atoms with Crippen LogP contribution in [0.2, 0.25) is 0 Å². The number of nitro benzene ring substituents is 1. The highest BCUT2D eigenvalue weighted by Crippen LogP contribution is 2.39. The molecular formula is C25H17NO4S2. The quantitative estimate of drug-likeness (QED) is 0.130. The molecule has 0 radical (unpaired) electrons. The number of hydrogen-bond acceptors (Lipinski definition) is 6. The first-order valence-electron chi connectivity index (χ1n) is 9.72. The molecule has 32 heavy (non-hydrogen) atoms. The van der Waals surface area contributed by atoms with Crippen molar-refractivity contribution in [2.75, 3.05) is 5.75 Å². The molecule has 0 amide bonds. The van der Waals surface area contributed by atoms with Gasteiger partial charge in [-0.25, -0.2) is 0 Å². The van der Waals surface area contributed by atoms with Gasteiger partial charge < -0.3 is 0 Å². The van der Waals surface area contributed by atoms with Crippen LogP contribution >= 0.6 is 23.1 Å². The van der Waals surface area contributed by atoms with E-state index in [2.05, 4.69) is 0 Å². The van der Waals surface area contributed by atoms with Crippen LogP contribution in [0.3, 0.4) is 0 Å². The first-order valence-corrected chi connectivity index (χ1v) is 11.5. The van der Waals surface area contributed by atoms with E-state index >= 15 is 0 Å². The molecule has 0 saturated heterocycles. The van der Waals surface area contributed by atoms with Gasteiger partial charge in [-0.3, -0.25) is 19.7 Å². The minimum atomic E-state index is -0.445. The Bertz CT molecular complexity index is 1270. The lowest BCUT2D eigenvalue weighted by Crippen LogP contribution is -2.04. The van der Waals surface area contributed by atoms with E-state index < -0.39 is 4.92 Å². The molecule has 1 heterocycles. The lowest BCUT2D eigenvalue weighted by Gasteiger charge is -2.03. The smallest absolute Gasteiger partial charge is 0.269 e. The van der Waals surface area contributed by atoms with Crippen LogP contribution in [0.25, 0.3) is 10.4 Å². The van der Waals surface area contributed by atoms with E-state index in [4.69, 9.17) is 0 Å². The fraction of sp³-hybridized carbons (Fsp3) is 0.0400. The van der Waals surface area contributed by atoms with Crippen molar-refractivity contribution in [3.8, 4) is 10.4 Å². The molecule has 4 rings (SSSR count). The van der Waals surface area contributed by atoms with Crippen LogP contribution < -0.4 is 0 Å². The molecule has 4 aromatic rings. The Balaban J connectivity index is 1.66. The fourth-order valence-electron chi connectivity index (χ4n) is 3.11. The standard InChI is InChI=1S/C25H17NO4S2/c27-22(17-7-3-1-4-8-17)16-31-25-21(24(28)19-9-5-2-6-10-19)15-23(32-25)18-11-13-20(14-12-18)26(29)30/h1-15H,16H2. The highest BCUT2D eigenvalue weighted by Gasteiger charge is 2.20. The predicted molar refractivity (Wildman–Crippen MR) is 128 cm³/mol. The normalized spacial score (nSPS) is 10.6. The molecule has 0 fully saturated rings. The van der Waals surface area contributed by atoms with Gasteiger partial charge in [0.2, 0.25) is 0 Å². The molecule has 0 saturated carbocycles. The van der Waals surface area contributed by atoms with Crippen LogP contribution in [0.15, 0.2) is 95.2 Å². The van der Waals surface area contributed by atoms with Gasteiger partial charge in [-0.15, -0.1) is 23.1 Å². The summed E-state index contributed by atoms with van der Waals surface area (Å²) in [5, 5.41) is 10.9. The summed E-state index contributed by atoms with van der Waals surface area (Å²) < 4.78 is 0.747. The van der Waals surface area contributed by atoms with E-state index in [1.54, 1.807) is 42.5 Å². The van der Waals surface area contributed by atoms with Crippen molar-refractivity contribution in [3.63, 3.8) is 0 Å². The number of nitrogens with zero attached hydrogens (tertiary/aromatic N) is 1. The SMILES string of the molecule is O=C(CSc1sc(-c2ccc([N+](=O)[O-])cc2)cc1C(=O)c1ccccc1)c1ccccc1. The first-order chi connectivity index (χ1) is 15.5. The number of thiophene rings is 1. The van der Waals surface area contributed by atoms with Crippen molar-refractivity contribution in [3.05, 3.63) is 118 Å². The average Bonchev–Trinajstić information content (AvgIpc) is 3.27. The number of benzene rings is 3. The molecule has 0 aliphatic heterocycles. The first kappa shape index (κ1) is 21.7. The van der Waals surface area contributed by atoms with E-state index in [9.17, 15) is 19.7 Å². The summed E-state index contributed by atoms with van der Waals surface area (Å²) in [7, 11) is 0. The molecule has 0 aliphatic carbocycles. The van der Waals surface area contributed by atoms with Gasteiger partial charge in [-0.05, 0) is 23.8 Å². The van der Waals surface area contributed by atoms with E-state index in [1.165, 1.54) is 35.2 Å². The third-order valence-corrected chi connectivity index (χ3v) is 7.24. The number of rotatable bonds is 8. The van der Waals surface area contributed by atoms with Crippen LogP contribution in [0.1, 0.15) is 26.3 Å². The maximum atomic E-state index is 13.2. The van der Waals surface area contributed by atoms with Gasteiger partial charge in [0, 0.05) is 33.7 Å². The Morgan fingerprint density at radius 3 is 2.03 bits per heavy atom. The summed E-state index contributed by atoms with van der Waals surface area (Å²) in [6.07, 6.45) is 0. The number of thioether (sulfide) groups is 1. The minimum Gasteiger partial charge on any atom is -0.293 e. The Kier molecular flexibility index (Phi) is 6.58. The Hall–Kier alpha value is -3.55. The molecule has 1 aromatic heterocycles. The Labute approximate surface area is 192 Å². The van der Waals surface area contributed by atoms with Crippen LogP contribution in [0.4, 0.5) is 5.69 Å². The second-order valence-corrected chi connectivity index (χ2v) is 9.19. The van der Waals surface area contributed by atoms with Crippen LogP contribution in [-0.2, 0) is 0 Å². The third-order valence-electron chi connectivity index (χ3n) is 4.77. The largest absolute Gasteiger partial charge is 0.293 e. The third kappa shape index (κ3) is 4.85. The van der Waals surface area contributed by atoms with Gasteiger partial charge in [-0.1, -0.05) is 60.7 Å². The molecule has 158 valence electrons. The maximum absolute atomic E-state index is 13.2. The number of nitro groups is 1. The van der Waals surface area contributed by atoms with E-state index in [-0.39, 0.29) is 23.0 Å². The lowest BCUT2D eigenvalue weighted by atomic mass is 10.0. The second-order valence-electron chi connectivity index (χ2n) is 6.89. The minimum absolute atomic E-state index is 0.00829. The van der Waals surface area contributed by atoms with Crippen molar-refractivity contribution in [2.45, 2.75) is 4.21 Å². The summed E-state index contributed by atoms with van der Waals surface area (Å²) >= 11 is 2.74. The van der Waals surface area contributed by atoms with Crippen molar-refractivity contribution in [2.24, 2.45) is 0 Å². The molecule has 3 aromatic carbocycles. The summed E-state index contributed by atoms with van der Waals surface area (Å²) in [4.78, 5) is 37.1. The Morgan fingerprint density at radius 2 is 1.44 bits per heavy atom. The summed E-state index contributed by atoms with van der Waals surface area (Å²) in [6, 6.07) is 26.1. The van der Waals surface area contributed by atoms with Gasteiger partial charge in [0.05, 0.1) is 14.9 Å². The molecule has 5 nitrogen and oxygen atoms in total. The molecule has 0 aliphatic rings. The lowest BCUT2D eigenvalue weighted by molar-refractivity contribution is -0.384. The second kappa shape index (κ2) is 9.72. The van der Waals surface area contributed by atoms with Crippen molar-refractivity contribution < 1.29 is 14.5 Å². The highest BCUT2D eigenvalue weighted by molar-refractivity contribution is 8.01. The topological polar surface area (TPSA) is 77.3 Å². The molecular weight excluding hydrogens is 442 g/mol. The molecule has 0 atom stereocenters. The molecule has 0 N–H and O–H groups in total. The molecule has 0 spiro atoms. The van der Waals surface area contributed by atoms with Gasteiger partial charge in [0.15, 0.2) is 11.6 Å². The van der Waals surface area contributed by atoms with Gasteiger partial charge in [0.25, 0.3) is 5.69 Å². The summed E-state index contributed by atoms with van der Waals surface area (Å²) in [5.74, 6) is 0.0721. The van der Waals surface area contributed by atoms with Gasteiger partial charge >= 0.3 is 0 Å². The molecule has 7 heteroatoms. The van der Waals surface area contributed by atoms with Crippen molar-refractivity contribution in [1.82, 2.24) is 0 Å². The predicted octanol–water partition coefficient (Wildman–Crippen LogP) is 6.53. The number of non-ortho nitro benzene ring substituents is 1. The van der Waals surface area contributed by atoms with Crippen LogP contribution in [-0.4, -0.2) is 22.2 Å². The zero-order chi connectivity index (χ0) is 22.5. The number of hydrogen-bond donors (Lipinski definition) is 0. The number of carbonyl (C=O) groups excluding carboxylic acids is 2. The van der Waals surface area contributed by atoms with Crippen LogP contribution in [0.5, 0.6) is 0 Å². The zero-order valence-electron chi connectivity index (χ0n) is 16.8.